The van der Waals surface area contributed by atoms with E-state index in [1.165, 1.54) is 0 Å². The van der Waals surface area contributed by atoms with Crippen LogP contribution in [0.3, 0.4) is 0 Å². The predicted molar refractivity (Wildman–Crippen MR) is 56.9 cm³/mol. The number of hydrogen-bond acceptors (Lipinski definition) is 5. The van der Waals surface area contributed by atoms with Crippen LogP contribution in [0.15, 0.2) is 0 Å². The van der Waals surface area contributed by atoms with Crippen molar-refractivity contribution in [3.63, 3.8) is 0 Å². The molecule has 1 saturated heterocycles. The molecule has 0 saturated carbocycles. The number of hydroxylamine groups is 1. The van der Waals surface area contributed by atoms with Gasteiger partial charge in [-0.05, 0) is 19.8 Å². The molecule has 0 aromatic heterocycles. The number of rotatable bonds is 5. The Bertz CT molecular complexity index is 321. The van der Waals surface area contributed by atoms with E-state index in [4.69, 9.17) is 4.84 Å². The molecule has 0 amide bonds. The van der Waals surface area contributed by atoms with E-state index >= 15 is 0 Å². The Kier molecular flexibility index (Phi) is 5.17. The summed E-state index contributed by atoms with van der Waals surface area (Å²) in [7, 11) is -3.49. The number of hydrogen-bond donors (Lipinski definition) is 0. The Balaban J connectivity index is 2.41. The van der Waals surface area contributed by atoms with Crippen molar-refractivity contribution < 1.29 is 22.8 Å². The molecule has 0 spiro atoms. The minimum Gasteiger partial charge on any atom is -0.466 e. The first-order chi connectivity index (χ1) is 7.56. The third-order valence-electron chi connectivity index (χ3n) is 2.15. The van der Waals surface area contributed by atoms with E-state index < -0.39 is 16.0 Å². The highest BCUT2D eigenvalue weighted by Gasteiger charge is 2.26. The molecule has 6 nitrogen and oxygen atoms in total. The average molecular weight is 251 g/mol. The highest BCUT2D eigenvalue weighted by atomic mass is 32.2. The number of sulfonamides is 1. The highest BCUT2D eigenvalue weighted by molar-refractivity contribution is 7.88. The summed E-state index contributed by atoms with van der Waals surface area (Å²) < 4.78 is 29.0. The molecular formula is C9H17NO5S. The minimum atomic E-state index is -3.49. The highest BCUT2D eigenvalue weighted by Crippen LogP contribution is 2.12. The lowest BCUT2D eigenvalue weighted by Gasteiger charge is -2.24. The van der Waals surface area contributed by atoms with Crippen molar-refractivity contribution in [1.29, 1.82) is 0 Å². The lowest BCUT2D eigenvalue weighted by Crippen LogP contribution is -2.37. The molecule has 0 aliphatic carbocycles. The van der Waals surface area contributed by atoms with Crippen LogP contribution in [-0.4, -0.2) is 44.4 Å². The van der Waals surface area contributed by atoms with Gasteiger partial charge < -0.3 is 4.74 Å². The zero-order valence-corrected chi connectivity index (χ0v) is 10.2. The number of carbonyl (C=O) groups excluding carboxylic acids is 1. The smallest absolute Gasteiger partial charge is 0.306 e. The van der Waals surface area contributed by atoms with E-state index in [2.05, 4.69) is 4.74 Å². The van der Waals surface area contributed by atoms with Gasteiger partial charge in [-0.25, -0.2) is 8.42 Å². The Morgan fingerprint density at radius 2 is 2.19 bits per heavy atom. The van der Waals surface area contributed by atoms with E-state index in [0.29, 0.717) is 13.2 Å². The van der Waals surface area contributed by atoms with Crippen LogP contribution >= 0.6 is 0 Å². The molecule has 94 valence electrons. The maximum atomic E-state index is 11.7. The Labute approximate surface area is 95.5 Å². The zero-order chi connectivity index (χ0) is 12.0. The van der Waals surface area contributed by atoms with E-state index in [-0.39, 0.29) is 18.8 Å². The second-order valence-electron chi connectivity index (χ2n) is 3.44. The fourth-order valence-electron chi connectivity index (χ4n) is 1.34. The van der Waals surface area contributed by atoms with Crippen LogP contribution in [0.2, 0.25) is 0 Å². The summed E-state index contributed by atoms with van der Waals surface area (Å²) in [6.45, 7) is 2.73. The summed E-state index contributed by atoms with van der Waals surface area (Å²) in [4.78, 5) is 16.1. The monoisotopic (exact) mass is 251 g/mol. The van der Waals surface area contributed by atoms with Gasteiger partial charge in [0.15, 0.2) is 0 Å². The Hall–Kier alpha value is -0.660. The fourth-order valence-corrected chi connectivity index (χ4v) is 2.61. The number of carbonyl (C=O) groups is 1. The molecule has 0 unspecified atom stereocenters. The molecule has 0 bridgehead atoms. The van der Waals surface area contributed by atoms with Gasteiger partial charge in [-0.3, -0.25) is 9.63 Å². The summed E-state index contributed by atoms with van der Waals surface area (Å²) >= 11 is 0. The molecule has 0 radical (unpaired) electrons. The predicted octanol–water partition coefficient (Wildman–Crippen LogP) is 0.297. The number of nitrogens with zero attached hydrogens (tertiary/aromatic N) is 1. The van der Waals surface area contributed by atoms with Gasteiger partial charge in [0, 0.05) is 6.54 Å². The van der Waals surface area contributed by atoms with Crippen molar-refractivity contribution in [2.24, 2.45) is 0 Å². The second kappa shape index (κ2) is 6.17. The van der Waals surface area contributed by atoms with Crippen LogP contribution in [0.5, 0.6) is 0 Å². The molecule has 0 aromatic rings. The van der Waals surface area contributed by atoms with E-state index in [0.717, 1.165) is 17.3 Å². The van der Waals surface area contributed by atoms with E-state index in [1.54, 1.807) is 6.92 Å². The third-order valence-corrected chi connectivity index (χ3v) is 3.78. The van der Waals surface area contributed by atoms with Crippen molar-refractivity contribution in [2.45, 2.75) is 26.2 Å². The molecule has 1 aliphatic heterocycles. The summed E-state index contributed by atoms with van der Waals surface area (Å²) in [5, 5.41) is 0. The van der Waals surface area contributed by atoms with Crippen LogP contribution < -0.4 is 0 Å². The minimum absolute atomic E-state index is 0.129. The van der Waals surface area contributed by atoms with Gasteiger partial charge in [0.25, 0.3) is 0 Å². The number of ether oxygens (including phenoxy) is 1. The van der Waals surface area contributed by atoms with E-state index in [9.17, 15) is 13.2 Å². The molecule has 0 atom stereocenters. The molecule has 1 fully saturated rings. The van der Waals surface area contributed by atoms with Crippen molar-refractivity contribution in [1.82, 2.24) is 4.47 Å². The molecule has 1 heterocycles. The molecule has 1 rings (SSSR count). The summed E-state index contributed by atoms with van der Waals surface area (Å²) in [5.74, 6) is -0.755. The third kappa shape index (κ3) is 4.07. The van der Waals surface area contributed by atoms with Crippen LogP contribution in [0, 0.1) is 0 Å². The van der Waals surface area contributed by atoms with Gasteiger partial charge in [0.1, 0.15) is 0 Å². The standard InChI is InChI=1S/C9H17NO5S/c1-2-14-9(11)5-8-16(12,13)10-6-3-4-7-15-10/h2-8H2,1H3. The van der Waals surface area contributed by atoms with E-state index in [1.807, 2.05) is 0 Å². The average Bonchev–Trinajstić information content (AvgIpc) is 2.28. The van der Waals surface area contributed by atoms with Gasteiger partial charge in [-0.15, -0.1) is 0 Å². The maximum Gasteiger partial charge on any atom is 0.306 e. The largest absolute Gasteiger partial charge is 0.466 e. The van der Waals surface area contributed by atoms with Crippen molar-refractivity contribution >= 4 is 16.0 Å². The van der Waals surface area contributed by atoms with Crippen molar-refractivity contribution in [3.05, 3.63) is 0 Å². The van der Waals surface area contributed by atoms with Gasteiger partial charge in [0.05, 0.1) is 25.4 Å². The van der Waals surface area contributed by atoms with Gasteiger partial charge in [0.2, 0.25) is 10.0 Å². The summed E-state index contributed by atoms with van der Waals surface area (Å²) in [6, 6.07) is 0. The molecule has 0 N–H and O–H groups in total. The van der Waals surface area contributed by atoms with Crippen LogP contribution in [0.1, 0.15) is 26.2 Å². The maximum absolute atomic E-state index is 11.7. The molecule has 1 aliphatic rings. The van der Waals surface area contributed by atoms with Crippen LogP contribution in [0.4, 0.5) is 0 Å². The summed E-state index contributed by atoms with van der Waals surface area (Å²) in [5.41, 5.74) is 0. The Morgan fingerprint density at radius 3 is 2.75 bits per heavy atom. The normalized spacial score (nSPS) is 18.3. The fraction of sp³-hybridized carbons (Fsp3) is 0.889. The molecular weight excluding hydrogens is 234 g/mol. The van der Waals surface area contributed by atoms with Crippen molar-refractivity contribution in [3.8, 4) is 0 Å². The molecule has 7 heteroatoms. The second-order valence-corrected chi connectivity index (χ2v) is 5.42. The first kappa shape index (κ1) is 13.4. The van der Waals surface area contributed by atoms with Gasteiger partial charge in [-0.2, -0.15) is 0 Å². The first-order valence-electron chi connectivity index (χ1n) is 5.35. The Morgan fingerprint density at radius 1 is 1.44 bits per heavy atom. The van der Waals surface area contributed by atoms with Crippen molar-refractivity contribution in [2.75, 3.05) is 25.5 Å². The molecule has 0 aromatic carbocycles. The van der Waals surface area contributed by atoms with Gasteiger partial charge >= 0.3 is 5.97 Å². The van der Waals surface area contributed by atoms with Crippen LogP contribution in [0.25, 0.3) is 0 Å². The first-order valence-corrected chi connectivity index (χ1v) is 6.96. The van der Waals surface area contributed by atoms with Gasteiger partial charge in [-0.1, -0.05) is 4.47 Å². The number of esters is 1. The zero-order valence-electron chi connectivity index (χ0n) is 9.35. The van der Waals surface area contributed by atoms with Crippen LogP contribution in [-0.2, 0) is 24.4 Å². The molecule has 16 heavy (non-hydrogen) atoms. The quantitative estimate of drug-likeness (QED) is 0.657. The topological polar surface area (TPSA) is 72.9 Å². The lowest BCUT2D eigenvalue weighted by molar-refractivity contribution is -0.142. The lowest BCUT2D eigenvalue weighted by atomic mass is 10.3. The SMILES string of the molecule is CCOC(=O)CCS(=O)(=O)N1CCCCO1. The summed E-state index contributed by atoms with van der Waals surface area (Å²) in [6.07, 6.45) is 1.53.